The number of rotatable bonds is 7. The molecule has 0 fully saturated rings. The average Bonchev–Trinajstić information content (AvgIpc) is 3.14. The fourth-order valence-electron chi connectivity index (χ4n) is 2.63. The molecule has 0 radical (unpaired) electrons. The zero-order chi connectivity index (χ0) is 22.5. The van der Waals surface area contributed by atoms with Crippen molar-refractivity contribution < 1.29 is 19.2 Å². The lowest BCUT2D eigenvalue weighted by Crippen LogP contribution is -2.21. The van der Waals surface area contributed by atoms with E-state index in [2.05, 4.69) is 10.3 Å². The van der Waals surface area contributed by atoms with E-state index in [0.717, 1.165) is 34.6 Å². The molecule has 0 aliphatic rings. The van der Waals surface area contributed by atoms with E-state index in [9.17, 15) is 19.7 Å². The fraction of sp³-hybridized carbons (Fsp3) is 0.190. The highest BCUT2D eigenvalue weighted by Crippen LogP contribution is 2.36. The molecule has 10 heteroatoms. The average molecular weight is 458 g/mol. The van der Waals surface area contributed by atoms with Gasteiger partial charge in [-0.2, -0.15) is 0 Å². The molecule has 0 aliphatic carbocycles. The number of hydrogen-bond acceptors (Lipinski definition) is 8. The number of carbonyl (C=O) groups excluding carboxylic acids is 2. The summed E-state index contributed by atoms with van der Waals surface area (Å²) in [6.45, 7) is 5.14. The molecule has 1 amide bonds. The molecular weight excluding hydrogens is 438 g/mol. The number of anilines is 1. The molecule has 3 aromatic rings. The van der Waals surface area contributed by atoms with Crippen LogP contribution in [0.2, 0.25) is 0 Å². The topological polar surface area (TPSA) is 111 Å². The van der Waals surface area contributed by atoms with Crippen molar-refractivity contribution in [1.82, 2.24) is 4.98 Å². The second kappa shape index (κ2) is 9.71. The highest BCUT2D eigenvalue weighted by atomic mass is 32.2. The van der Waals surface area contributed by atoms with Gasteiger partial charge in [-0.25, -0.2) is 9.78 Å². The Morgan fingerprint density at radius 1 is 1.23 bits per heavy atom. The van der Waals surface area contributed by atoms with Crippen LogP contribution < -0.4 is 5.32 Å². The van der Waals surface area contributed by atoms with Gasteiger partial charge >= 0.3 is 5.97 Å². The van der Waals surface area contributed by atoms with Crippen molar-refractivity contribution in [2.45, 2.75) is 30.0 Å². The lowest BCUT2D eigenvalue weighted by atomic mass is 10.1. The van der Waals surface area contributed by atoms with E-state index in [0.29, 0.717) is 14.9 Å². The number of esters is 1. The molecule has 0 atom stereocenters. The lowest BCUT2D eigenvalue weighted by molar-refractivity contribution is -0.387. The zero-order valence-corrected chi connectivity index (χ0v) is 18.6. The first-order chi connectivity index (χ1) is 14.7. The SMILES string of the molecule is Cc1csc(Sc2ccc(C(=O)OCC(=O)Nc3cccc(C)c3C)cc2[N+](=O)[O-])n1. The number of aryl methyl sites for hydroxylation is 2. The van der Waals surface area contributed by atoms with Crippen LogP contribution in [-0.2, 0) is 9.53 Å². The minimum Gasteiger partial charge on any atom is -0.452 e. The first-order valence-electron chi connectivity index (χ1n) is 9.16. The highest BCUT2D eigenvalue weighted by Gasteiger charge is 2.21. The van der Waals surface area contributed by atoms with Crippen LogP contribution in [0.1, 0.15) is 27.2 Å². The molecule has 0 bridgehead atoms. The molecule has 1 N–H and O–H groups in total. The molecule has 0 spiro atoms. The van der Waals surface area contributed by atoms with Crippen LogP contribution in [-0.4, -0.2) is 28.4 Å². The third-order valence-corrected chi connectivity index (χ3v) is 6.52. The van der Waals surface area contributed by atoms with Crippen molar-refractivity contribution in [2.24, 2.45) is 0 Å². The van der Waals surface area contributed by atoms with E-state index < -0.39 is 23.4 Å². The predicted molar refractivity (Wildman–Crippen MR) is 119 cm³/mol. The minimum atomic E-state index is -0.819. The van der Waals surface area contributed by atoms with Gasteiger partial charge in [-0.1, -0.05) is 23.9 Å². The number of nitrogens with zero attached hydrogens (tertiary/aromatic N) is 2. The van der Waals surface area contributed by atoms with Gasteiger partial charge in [-0.15, -0.1) is 11.3 Å². The summed E-state index contributed by atoms with van der Waals surface area (Å²) in [5.74, 6) is -1.32. The summed E-state index contributed by atoms with van der Waals surface area (Å²) in [5.41, 5.74) is 3.16. The number of hydrogen-bond donors (Lipinski definition) is 1. The van der Waals surface area contributed by atoms with Gasteiger partial charge in [0.15, 0.2) is 10.9 Å². The Labute approximate surface area is 186 Å². The van der Waals surface area contributed by atoms with Crippen LogP contribution in [0.4, 0.5) is 11.4 Å². The molecule has 160 valence electrons. The number of nitro benzene ring substituents is 1. The van der Waals surface area contributed by atoms with Crippen molar-refractivity contribution in [3.8, 4) is 0 Å². The first kappa shape index (κ1) is 22.4. The summed E-state index contributed by atoms with van der Waals surface area (Å²) in [7, 11) is 0. The zero-order valence-electron chi connectivity index (χ0n) is 17.0. The Morgan fingerprint density at radius 3 is 2.68 bits per heavy atom. The Morgan fingerprint density at radius 2 is 2.00 bits per heavy atom. The molecule has 0 unspecified atom stereocenters. The van der Waals surface area contributed by atoms with Crippen molar-refractivity contribution in [2.75, 3.05) is 11.9 Å². The maximum Gasteiger partial charge on any atom is 0.338 e. The number of thiazole rings is 1. The van der Waals surface area contributed by atoms with Crippen LogP contribution in [0, 0.1) is 30.9 Å². The van der Waals surface area contributed by atoms with Crippen molar-refractivity contribution in [3.05, 3.63) is 74.3 Å². The number of carbonyl (C=O) groups is 2. The van der Waals surface area contributed by atoms with Gasteiger partial charge in [0, 0.05) is 22.8 Å². The predicted octanol–water partition coefficient (Wildman–Crippen LogP) is 4.92. The number of nitrogens with one attached hydrogen (secondary N) is 1. The largest absolute Gasteiger partial charge is 0.452 e. The summed E-state index contributed by atoms with van der Waals surface area (Å²) < 4.78 is 5.70. The summed E-state index contributed by atoms with van der Waals surface area (Å²) in [4.78, 5) is 40.0. The molecule has 1 heterocycles. The quantitative estimate of drug-likeness (QED) is 0.304. The normalized spacial score (nSPS) is 10.5. The van der Waals surface area contributed by atoms with E-state index >= 15 is 0 Å². The van der Waals surface area contributed by atoms with Crippen LogP contribution in [0.3, 0.4) is 0 Å². The van der Waals surface area contributed by atoms with Crippen molar-refractivity contribution >= 4 is 46.3 Å². The Hall–Kier alpha value is -3.24. The molecule has 0 saturated heterocycles. The summed E-state index contributed by atoms with van der Waals surface area (Å²) >= 11 is 2.54. The number of amides is 1. The first-order valence-corrected chi connectivity index (χ1v) is 10.9. The third-order valence-electron chi connectivity index (χ3n) is 4.40. The second-order valence-electron chi connectivity index (χ2n) is 6.67. The molecule has 8 nitrogen and oxygen atoms in total. The molecule has 1 aromatic heterocycles. The summed E-state index contributed by atoms with van der Waals surface area (Å²) in [6.07, 6.45) is 0. The van der Waals surface area contributed by atoms with Crippen molar-refractivity contribution in [1.29, 1.82) is 0 Å². The van der Waals surface area contributed by atoms with Gasteiger partial charge in [-0.05, 0) is 50.1 Å². The second-order valence-corrected chi connectivity index (χ2v) is 8.82. The van der Waals surface area contributed by atoms with Crippen molar-refractivity contribution in [3.63, 3.8) is 0 Å². The number of aromatic nitrogens is 1. The third kappa shape index (κ3) is 5.68. The van der Waals surface area contributed by atoms with Gasteiger partial charge < -0.3 is 10.1 Å². The van der Waals surface area contributed by atoms with E-state index in [1.807, 2.05) is 38.3 Å². The van der Waals surface area contributed by atoms with E-state index in [1.54, 1.807) is 6.07 Å². The van der Waals surface area contributed by atoms with Gasteiger partial charge in [0.05, 0.1) is 15.4 Å². The number of benzene rings is 2. The standard InChI is InChI=1S/C21H19N3O5S2/c1-12-5-4-6-16(14(12)3)23-19(25)10-29-20(26)15-7-8-18(17(9-15)24(27)28)31-21-22-13(2)11-30-21/h4-9,11H,10H2,1-3H3,(H,23,25). The molecule has 31 heavy (non-hydrogen) atoms. The Balaban J connectivity index is 1.67. The smallest absolute Gasteiger partial charge is 0.338 e. The fourth-order valence-corrected chi connectivity index (χ4v) is 4.51. The van der Waals surface area contributed by atoms with Crippen LogP contribution in [0.5, 0.6) is 0 Å². The molecule has 2 aromatic carbocycles. The lowest BCUT2D eigenvalue weighted by Gasteiger charge is -2.11. The maximum atomic E-state index is 12.3. The van der Waals surface area contributed by atoms with Gasteiger partial charge in [0.1, 0.15) is 0 Å². The Bertz CT molecular complexity index is 1160. The maximum absolute atomic E-state index is 12.3. The van der Waals surface area contributed by atoms with Gasteiger partial charge in [0.25, 0.3) is 11.6 Å². The molecule has 0 saturated carbocycles. The molecule has 3 rings (SSSR count). The number of nitro groups is 1. The van der Waals surface area contributed by atoms with E-state index in [1.165, 1.54) is 23.5 Å². The molecular formula is C21H19N3O5S2. The van der Waals surface area contributed by atoms with E-state index in [4.69, 9.17) is 4.74 Å². The Kier molecular flexibility index (Phi) is 7.03. The van der Waals surface area contributed by atoms with E-state index in [-0.39, 0.29) is 11.3 Å². The summed E-state index contributed by atoms with van der Waals surface area (Å²) in [6, 6.07) is 9.55. The van der Waals surface area contributed by atoms with Crippen LogP contribution in [0.15, 0.2) is 51.0 Å². The van der Waals surface area contributed by atoms with Gasteiger partial charge in [0.2, 0.25) is 0 Å². The summed E-state index contributed by atoms with van der Waals surface area (Å²) in [5, 5.41) is 16.0. The minimum absolute atomic E-state index is 0.00842. The van der Waals surface area contributed by atoms with Gasteiger partial charge in [-0.3, -0.25) is 14.9 Å². The monoisotopic (exact) mass is 457 g/mol. The van der Waals surface area contributed by atoms with Crippen LogP contribution in [0.25, 0.3) is 0 Å². The highest BCUT2D eigenvalue weighted by molar-refractivity contribution is 8.01. The molecule has 0 aliphatic heterocycles. The number of ether oxygens (including phenoxy) is 1. The van der Waals surface area contributed by atoms with Crippen LogP contribution >= 0.6 is 23.1 Å².